The Morgan fingerprint density at radius 2 is 1.93 bits per heavy atom. The third-order valence-corrected chi connectivity index (χ3v) is 3.07. The summed E-state index contributed by atoms with van der Waals surface area (Å²) in [6.45, 7) is 2.53. The van der Waals surface area contributed by atoms with Gasteiger partial charge in [-0.2, -0.15) is 0 Å². The minimum atomic E-state index is 0.0863. The number of rotatable bonds is 7. The lowest BCUT2D eigenvalue weighted by Crippen LogP contribution is -2.19. The number of epoxide rings is 1. The molecular weight excluding hydrogens is 196 g/mol. The minimum Gasteiger partial charge on any atom is -0.394 e. The van der Waals surface area contributed by atoms with Gasteiger partial charge in [0.1, 0.15) is 0 Å². The molecule has 88 valence electrons. The monoisotopic (exact) mass is 216 g/mol. The average Bonchev–Trinajstić information content (AvgIpc) is 3.01. The van der Waals surface area contributed by atoms with Crippen LogP contribution in [0.25, 0.3) is 0 Å². The Morgan fingerprint density at radius 1 is 1.07 bits per heavy atom. The van der Waals surface area contributed by atoms with Crippen molar-refractivity contribution in [2.75, 3.05) is 33.0 Å². The first-order chi connectivity index (χ1) is 7.40. The highest BCUT2D eigenvalue weighted by atomic mass is 16.6. The van der Waals surface area contributed by atoms with Gasteiger partial charge in [0.05, 0.1) is 38.6 Å². The Balaban J connectivity index is 1.43. The summed E-state index contributed by atoms with van der Waals surface area (Å²) >= 11 is 0. The summed E-state index contributed by atoms with van der Waals surface area (Å²) in [7, 11) is 0. The van der Waals surface area contributed by atoms with Gasteiger partial charge < -0.3 is 19.3 Å². The summed E-state index contributed by atoms with van der Waals surface area (Å²) in [5.74, 6) is 0.673. The Labute approximate surface area is 90.5 Å². The van der Waals surface area contributed by atoms with Gasteiger partial charge in [0, 0.05) is 6.61 Å². The number of hydrogen-bond donors (Lipinski definition) is 1. The van der Waals surface area contributed by atoms with Crippen molar-refractivity contribution in [3.8, 4) is 0 Å². The fraction of sp³-hybridized carbons (Fsp3) is 1.00. The van der Waals surface area contributed by atoms with Gasteiger partial charge in [0.15, 0.2) is 0 Å². The van der Waals surface area contributed by atoms with E-state index >= 15 is 0 Å². The van der Waals surface area contributed by atoms with Gasteiger partial charge in [-0.1, -0.05) is 0 Å². The molecule has 0 spiro atoms. The van der Waals surface area contributed by atoms with E-state index in [-0.39, 0.29) is 6.61 Å². The zero-order chi connectivity index (χ0) is 10.5. The lowest BCUT2D eigenvalue weighted by molar-refractivity contribution is 0.0186. The van der Waals surface area contributed by atoms with E-state index in [1.807, 2.05) is 0 Å². The highest BCUT2D eigenvalue weighted by Gasteiger charge is 2.43. The zero-order valence-corrected chi connectivity index (χ0v) is 9.06. The molecule has 1 saturated heterocycles. The third-order valence-electron chi connectivity index (χ3n) is 3.07. The molecule has 2 fully saturated rings. The van der Waals surface area contributed by atoms with Crippen molar-refractivity contribution in [3.05, 3.63) is 0 Å². The topological polar surface area (TPSA) is 51.2 Å². The van der Waals surface area contributed by atoms with Crippen molar-refractivity contribution < 1.29 is 19.3 Å². The molecule has 3 unspecified atom stereocenters. The highest BCUT2D eigenvalue weighted by Crippen LogP contribution is 2.39. The standard InChI is InChI=1S/C11H20O4/c12-3-4-13-5-6-14-8-9-1-2-10-11(7-9)15-10/h9-12H,1-8H2. The molecule has 4 heteroatoms. The molecule has 0 aromatic rings. The Bertz CT molecular complexity index is 185. The SMILES string of the molecule is OCCOCCOCC1CCC2OC2C1. The van der Waals surface area contributed by atoms with Crippen molar-refractivity contribution in [1.82, 2.24) is 0 Å². The van der Waals surface area contributed by atoms with Crippen molar-refractivity contribution in [1.29, 1.82) is 0 Å². The van der Waals surface area contributed by atoms with Gasteiger partial charge in [-0.25, -0.2) is 0 Å². The molecule has 0 aromatic heterocycles. The molecular formula is C11H20O4. The third kappa shape index (κ3) is 3.72. The van der Waals surface area contributed by atoms with E-state index in [2.05, 4.69) is 0 Å². The zero-order valence-electron chi connectivity index (χ0n) is 9.06. The van der Waals surface area contributed by atoms with E-state index in [0.717, 1.165) is 6.61 Å². The molecule has 0 amide bonds. The molecule has 1 aliphatic carbocycles. The normalized spacial score (nSPS) is 33.8. The Morgan fingerprint density at radius 3 is 2.73 bits per heavy atom. The number of ether oxygens (including phenoxy) is 3. The van der Waals surface area contributed by atoms with E-state index in [1.165, 1.54) is 19.3 Å². The lowest BCUT2D eigenvalue weighted by Gasteiger charge is -2.18. The second-order valence-electron chi connectivity index (χ2n) is 4.30. The minimum absolute atomic E-state index is 0.0863. The van der Waals surface area contributed by atoms with Gasteiger partial charge in [-0.05, 0) is 25.2 Å². The molecule has 1 N–H and O–H groups in total. The van der Waals surface area contributed by atoms with E-state index in [0.29, 0.717) is 37.9 Å². The molecule has 4 nitrogen and oxygen atoms in total. The number of aliphatic hydroxyl groups is 1. The number of hydrogen-bond acceptors (Lipinski definition) is 4. The van der Waals surface area contributed by atoms with Crippen LogP contribution in [0.4, 0.5) is 0 Å². The fourth-order valence-electron chi connectivity index (χ4n) is 2.17. The maximum atomic E-state index is 8.48. The molecule has 0 bridgehead atoms. The van der Waals surface area contributed by atoms with Crippen molar-refractivity contribution in [2.45, 2.75) is 31.5 Å². The van der Waals surface area contributed by atoms with E-state index in [1.54, 1.807) is 0 Å². The first kappa shape index (κ1) is 11.3. The van der Waals surface area contributed by atoms with E-state index in [4.69, 9.17) is 19.3 Å². The van der Waals surface area contributed by atoms with Crippen LogP contribution in [0.15, 0.2) is 0 Å². The lowest BCUT2D eigenvalue weighted by atomic mass is 9.90. The molecule has 2 rings (SSSR count). The van der Waals surface area contributed by atoms with Crippen LogP contribution < -0.4 is 0 Å². The molecule has 1 heterocycles. The second kappa shape index (κ2) is 5.80. The second-order valence-corrected chi connectivity index (χ2v) is 4.30. The number of fused-ring (bicyclic) bond motifs is 1. The first-order valence-electron chi connectivity index (χ1n) is 5.82. The first-order valence-corrected chi connectivity index (χ1v) is 5.82. The quantitative estimate of drug-likeness (QED) is 0.499. The molecule has 1 aliphatic heterocycles. The molecule has 15 heavy (non-hydrogen) atoms. The van der Waals surface area contributed by atoms with Crippen LogP contribution >= 0.6 is 0 Å². The average molecular weight is 216 g/mol. The Hall–Kier alpha value is -0.160. The van der Waals surface area contributed by atoms with Crippen molar-refractivity contribution in [3.63, 3.8) is 0 Å². The summed E-state index contributed by atoms with van der Waals surface area (Å²) < 4.78 is 16.1. The van der Waals surface area contributed by atoms with E-state index < -0.39 is 0 Å². The van der Waals surface area contributed by atoms with Crippen molar-refractivity contribution in [2.24, 2.45) is 5.92 Å². The van der Waals surface area contributed by atoms with Gasteiger partial charge in [-0.15, -0.1) is 0 Å². The van der Waals surface area contributed by atoms with Crippen LogP contribution in [0.5, 0.6) is 0 Å². The van der Waals surface area contributed by atoms with Crippen LogP contribution in [-0.4, -0.2) is 50.3 Å². The van der Waals surface area contributed by atoms with Crippen LogP contribution in [-0.2, 0) is 14.2 Å². The summed E-state index contributed by atoms with van der Waals surface area (Å²) in [5, 5.41) is 8.48. The molecule has 0 aromatic carbocycles. The largest absolute Gasteiger partial charge is 0.394 e. The predicted molar refractivity (Wildman–Crippen MR) is 54.7 cm³/mol. The van der Waals surface area contributed by atoms with Gasteiger partial charge in [0.2, 0.25) is 0 Å². The molecule has 3 atom stereocenters. The maximum Gasteiger partial charge on any atom is 0.0845 e. The summed E-state index contributed by atoms with van der Waals surface area (Å²) in [5.41, 5.74) is 0. The summed E-state index contributed by atoms with van der Waals surface area (Å²) in [6.07, 6.45) is 4.73. The fourth-order valence-corrected chi connectivity index (χ4v) is 2.17. The maximum absolute atomic E-state index is 8.48. The predicted octanol–water partition coefficient (Wildman–Crippen LogP) is 0.579. The van der Waals surface area contributed by atoms with Crippen molar-refractivity contribution >= 4 is 0 Å². The van der Waals surface area contributed by atoms with Gasteiger partial charge in [-0.3, -0.25) is 0 Å². The number of aliphatic hydroxyl groups excluding tert-OH is 1. The van der Waals surface area contributed by atoms with Crippen LogP contribution in [0, 0.1) is 5.92 Å². The molecule has 0 radical (unpaired) electrons. The van der Waals surface area contributed by atoms with Crippen LogP contribution in [0.3, 0.4) is 0 Å². The Kier molecular flexibility index (Phi) is 4.38. The smallest absolute Gasteiger partial charge is 0.0845 e. The van der Waals surface area contributed by atoms with E-state index in [9.17, 15) is 0 Å². The summed E-state index contributed by atoms with van der Waals surface area (Å²) in [6, 6.07) is 0. The van der Waals surface area contributed by atoms with Gasteiger partial charge >= 0.3 is 0 Å². The molecule has 1 saturated carbocycles. The van der Waals surface area contributed by atoms with Gasteiger partial charge in [0.25, 0.3) is 0 Å². The summed E-state index contributed by atoms with van der Waals surface area (Å²) in [4.78, 5) is 0. The highest BCUT2D eigenvalue weighted by molar-refractivity contribution is 4.91. The molecule has 2 aliphatic rings. The van der Waals surface area contributed by atoms with Crippen LogP contribution in [0.1, 0.15) is 19.3 Å². The van der Waals surface area contributed by atoms with Crippen LogP contribution in [0.2, 0.25) is 0 Å².